The van der Waals surface area contributed by atoms with E-state index >= 15 is 0 Å². The molecule has 98 valence electrons. The van der Waals surface area contributed by atoms with Crippen molar-refractivity contribution in [2.75, 3.05) is 25.0 Å². The minimum atomic E-state index is -0.439. The second kappa shape index (κ2) is 4.51. The van der Waals surface area contributed by atoms with Crippen molar-refractivity contribution in [3.63, 3.8) is 0 Å². The Kier molecular flexibility index (Phi) is 2.99. The van der Waals surface area contributed by atoms with E-state index in [9.17, 15) is 4.79 Å². The van der Waals surface area contributed by atoms with Crippen LogP contribution in [0, 0.1) is 0 Å². The van der Waals surface area contributed by atoms with Gasteiger partial charge in [0.2, 0.25) is 0 Å². The Labute approximate surface area is 111 Å². The highest BCUT2D eigenvalue weighted by Gasteiger charge is 2.35. The number of carbonyl (C=O) groups is 1. The van der Waals surface area contributed by atoms with Crippen molar-refractivity contribution < 1.29 is 4.79 Å². The van der Waals surface area contributed by atoms with Crippen LogP contribution in [0.5, 0.6) is 0 Å². The van der Waals surface area contributed by atoms with Crippen LogP contribution in [0.3, 0.4) is 0 Å². The molecule has 2 aliphatic rings. The van der Waals surface area contributed by atoms with Gasteiger partial charge in [0.1, 0.15) is 5.69 Å². The molecule has 0 aromatic carbocycles. The van der Waals surface area contributed by atoms with Crippen LogP contribution in [0.2, 0.25) is 0 Å². The average Bonchev–Trinajstić information content (AvgIpc) is 2.86. The Balaban J connectivity index is 1.78. The molecule has 0 unspecified atom stereocenters. The zero-order chi connectivity index (χ0) is 12.7. The lowest BCUT2D eigenvalue weighted by Crippen LogP contribution is -2.36. The van der Waals surface area contributed by atoms with E-state index in [0.717, 1.165) is 24.3 Å². The summed E-state index contributed by atoms with van der Waals surface area (Å²) in [6, 6.07) is 1.34. The molecule has 1 aromatic heterocycles. The van der Waals surface area contributed by atoms with Gasteiger partial charge in [-0.2, -0.15) is 0 Å². The zero-order valence-electron chi connectivity index (χ0n) is 10.5. The number of thiazole rings is 1. The van der Waals surface area contributed by atoms with Crippen molar-refractivity contribution in [3.05, 3.63) is 11.1 Å². The smallest absolute Gasteiger partial charge is 0.268 e. The maximum absolute atomic E-state index is 11.1. The summed E-state index contributed by atoms with van der Waals surface area (Å²) < 4.78 is 0. The highest BCUT2D eigenvalue weighted by molar-refractivity contribution is 7.13. The Morgan fingerprint density at radius 1 is 1.44 bits per heavy atom. The van der Waals surface area contributed by atoms with E-state index in [4.69, 9.17) is 5.73 Å². The highest BCUT2D eigenvalue weighted by Crippen LogP contribution is 2.31. The number of amides is 1. The number of nitrogens with zero attached hydrogens (tertiary/aromatic N) is 3. The molecule has 18 heavy (non-hydrogen) atoms. The molecule has 0 aliphatic carbocycles. The number of fused-ring (bicyclic) bond motifs is 2. The molecule has 0 saturated carbocycles. The van der Waals surface area contributed by atoms with Gasteiger partial charge < -0.3 is 10.6 Å². The molecule has 0 radical (unpaired) electrons. The van der Waals surface area contributed by atoms with Crippen LogP contribution in [0.4, 0.5) is 5.13 Å². The number of anilines is 1. The maximum Gasteiger partial charge on any atom is 0.268 e. The van der Waals surface area contributed by atoms with Gasteiger partial charge in [-0.25, -0.2) is 4.98 Å². The lowest BCUT2D eigenvalue weighted by atomic mass is 10.1. The minimum Gasteiger partial charge on any atom is -0.364 e. The first-order valence-corrected chi connectivity index (χ1v) is 7.25. The Morgan fingerprint density at radius 2 is 2.22 bits per heavy atom. The van der Waals surface area contributed by atoms with Crippen molar-refractivity contribution in [2.24, 2.45) is 5.73 Å². The van der Waals surface area contributed by atoms with Crippen molar-refractivity contribution in [2.45, 2.75) is 31.3 Å². The molecule has 3 heterocycles. The Bertz CT molecular complexity index is 461. The van der Waals surface area contributed by atoms with Gasteiger partial charge in [-0.15, -0.1) is 11.3 Å². The largest absolute Gasteiger partial charge is 0.364 e. The predicted octanol–water partition coefficient (Wildman–Crippen LogP) is 0.915. The van der Waals surface area contributed by atoms with Gasteiger partial charge in [0.05, 0.1) is 0 Å². The average molecular weight is 266 g/mol. The second-order valence-electron chi connectivity index (χ2n) is 5.16. The highest BCUT2D eigenvalue weighted by atomic mass is 32.1. The molecule has 6 heteroatoms. The van der Waals surface area contributed by atoms with Crippen LogP contribution in [0.25, 0.3) is 0 Å². The first-order chi connectivity index (χ1) is 8.65. The number of nitrogens with two attached hydrogens (primary N) is 1. The molecule has 2 atom stereocenters. The van der Waals surface area contributed by atoms with E-state index < -0.39 is 5.91 Å². The van der Waals surface area contributed by atoms with E-state index in [1.54, 1.807) is 5.38 Å². The summed E-state index contributed by atoms with van der Waals surface area (Å²) in [7, 11) is 2.22. The number of hydrogen-bond donors (Lipinski definition) is 1. The van der Waals surface area contributed by atoms with Crippen molar-refractivity contribution in [1.29, 1.82) is 0 Å². The van der Waals surface area contributed by atoms with E-state index in [1.807, 2.05) is 0 Å². The van der Waals surface area contributed by atoms with E-state index in [0.29, 0.717) is 11.7 Å². The van der Waals surface area contributed by atoms with Crippen LogP contribution >= 0.6 is 11.3 Å². The second-order valence-corrected chi connectivity index (χ2v) is 6.00. The first-order valence-electron chi connectivity index (χ1n) is 6.37. The summed E-state index contributed by atoms with van der Waals surface area (Å²) in [5.74, 6) is -0.439. The van der Waals surface area contributed by atoms with Crippen molar-refractivity contribution in [3.8, 4) is 0 Å². The number of rotatable bonds is 2. The molecule has 2 saturated heterocycles. The third kappa shape index (κ3) is 1.99. The summed E-state index contributed by atoms with van der Waals surface area (Å²) >= 11 is 1.52. The van der Waals surface area contributed by atoms with Gasteiger partial charge >= 0.3 is 0 Å². The number of hydrogen-bond acceptors (Lipinski definition) is 5. The minimum absolute atomic E-state index is 0.387. The number of primary amides is 1. The molecule has 3 rings (SSSR count). The summed E-state index contributed by atoms with van der Waals surface area (Å²) in [6.45, 7) is 2.04. The van der Waals surface area contributed by atoms with Gasteiger partial charge in [-0.1, -0.05) is 0 Å². The van der Waals surface area contributed by atoms with Gasteiger partial charge in [-0.3, -0.25) is 9.69 Å². The fraction of sp³-hybridized carbons (Fsp3) is 0.667. The van der Waals surface area contributed by atoms with Gasteiger partial charge in [-0.05, 0) is 26.3 Å². The summed E-state index contributed by atoms with van der Waals surface area (Å²) in [6.07, 6.45) is 3.77. The first kappa shape index (κ1) is 11.9. The summed E-state index contributed by atoms with van der Waals surface area (Å²) in [5.41, 5.74) is 5.64. The molecule has 1 amide bonds. The lowest BCUT2D eigenvalue weighted by Gasteiger charge is -2.25. The monoisotopic (exact) mass is 266 g/mol. The molecule has 1 aromatic rings. The molecule has 2 bridgehead atoms. The molecular weight excluding hydrogens is 248 g/mol. The molecule has 0 spiro atoms. The zero-order valence-corrected chi connectivity index (χ0v) is 11.3. The van der Waals surface area contributed by atoms with E-state index in [-0.39, 0.29) is 0 Å². The Morgan fingerprint density at radius 3 is 2.94 bits per heavy atom. The number of likely N-dealkylation sites (N-methyl/N-ethyl adjacent to an activating group) is 1. The van der Waals surface area contributed by atoms with Crippen LogP contribution in [0.15, 0.2) is 5.38 Å². The van der Waals surface area contributed by atoms with Crippen LogP contribution < -0.4 is 10.6 Å². The normalized spacial score (nSPS) is 28.4. The van der Waals surface area contributed by atoms with E-state index in [1.165, 1.54) is 30.6 Å². The summed E-state index contributed by atoms with van der Waals surface area (Å²) in [5, 5.41) is 2.69. The molecule has 2 N–H and O–H groups in total. The molecular formula is C12H18N4OS. The lowest BCUT2D eigenvalue weighted by molar-refractivity contribution is 0.0996. The van der Waals surface area contributed by atoms with Gasteiger partial charge in [0.25, 0.3) is 5.91 Å². The third-order valence-electron chi connectivity index (χ3n) is 4.16. The molecule has 5 nitrogen and oxygen atoms in total. The maximum atomic E-state index is 11.1. The van der Waals surface area contributed by atoms with Gasteiger partial charge in [0, 0.05) is 30.6 Å². The van der Waals surface area contributed by atoms with Crippen LogP contribution in [-0.4, -0.2) is 48.0 Å². The third-order valence-corrected chi connectivity index (χ3v) is 5.06. The SMILES string of the molecule is CN1[C@H]2CC[C@@H]1CN(c1nc(C(N)=O)cs1)CC2. The van der Waals surface area contributed by atoms with Crippen molar-refractivity contribution >= 4 is 22.4 Å². The quantitative estimate of drug-likeness (QED) is 0.864. The molecule has 2 aliphatic heterocycles. The number of carbonyl (C=O) groups excluding carboxylic acids is 1. The predicted molar refractivity (Wildman–Crippen MR) is 72.0 cm³/mol. The standard InChI is InChI=1S/C12H18N4OS/c1-15-8-2-3-9(15)6-16(5-4-8)12-14-10(7-18-12)11(13)17/h7-9H,2-6H2,1H3,(H2,13,17)/t8-,9+/m0/s1. The Hall–Kier alpha value is -1.14. The van der Waals surface area contributed by atoms with Crippen molar-refractivity contribution in [1.82, 2.24) is 9.88 Å². The van der Waals surface area contributed by atoms with Crippen LogP contribution in [0.1, 0.15) is 29.8 Å². The van der Waals surface area contributed by atoms with Gasteiger partial charge in [0.15, 0.2) is 5.13 Å². The van der Waals surface area contributed by atoms with Crippen LogP contribution in [-0.2, 0) is 0 Å². The number of aromatic nitrogens is 1. The topological polar surface area (TPSA) is 62.5 Å². The fourth-order valence-corrected chi connectivity index (χ4v) is 3.86. The fourth-order valence-electron chi connectivity index (χ4n) is 3.01. The molecule has 2 fully saturated rings. The summed E-state index contributed by atoms with van der Waals surface area (Å²) in [4.78, 5) is 20.2. The van der Waals surface area contributed by atoms with E-state index in [2.05, 4.69) is 21.8 Å².